The Morgan fingerprint density at radius 2 is 2.08 bits per heavy atom. The number of aromatic nitrogens is 2. The minimum atomic E-state index is -1.17. The number of hydrogen-bond acceptors (Lipinski definition) is 4. The van der Waals surface area contributed by atoms with E-state index in [1.165, 1.54) is 32.5 Å². The zero-order valence-electron chi connectivity index (χ0n) is 13.5. The lowest BCUT2D eigenvalue weighted by Crippen LogP contribution is -2.31. The average molecular weight is 405 g/mol. The van der Waals surface area contributed by atoms with Gasteiger partial charge in [0.05, 0.1) is 29.9 Å². The number of Topliss-reactive ketones (excluding diaryl/α,β-unsaturated/α-hetero) is 1. The third kappa shape index (κ3) is 3.07. The van der Waals surface area contributed by atoms with Crippen LogP contribution in [-0.4, -0.2) is 22.4 Å². The topological polar surface area (TPSA) is 61.2 Å². The van der Waals surface area contributed by atoms with E-state index in [-0.39, 0.29) is 11.3 Å². The van der Waals surface area contributed by atoms with Crippen LogP contribution in [0.15, 0.2) is 52.0 Å². The summed E-state index contributed by atoms with van der Waals surface area (Å²) in [5.74, 6) is -0.830. The van der Waals surface area contributed by atoms with Gasteiger partial charge in [-0.1, -0.05) is 22.0 Å². The monoisotopic (exact) mass is 404 g/mol. The molecule has 2 aromatic carbocycles. The molecular formula is C18H14BrFN2O3. The zero-order valence-corrected chi connectivity index (χ0v) is 15.1. The summed E-state index contributed by atoms with van der Waals surface area (Å²) in [7, 11) is 1.38. The summed E-state index contributed by atoms with van der Waals surface area (Å²) >= 11 is 3.31. The molecule has 1 atom stereocenters. The summed E-state index contributed by atoms with van der Waals surface area (Å²) in [4.78, 5) is 29.4. The number of benzene rings is 2. The van der Waals surface area contributed by atoms with Crippen LogP contribution in [0.5, 0.6) is 5.75 Å². The predicted molar refractivity (Wildman–Crippen MR) is 95.5 cm³/mol. The van der Waals surface area contributed by atoms with E-state index in [9.17, 15) is 14.0 Å². The molecule has 7 heteroatoms. The van der Waals surface area contributed by atoms with E-state index in [1.54, 1.807) is 24.3 Å². The van der Waals surface area contributed by atoms with Crippen LogP contribution in [0.2, 0.25) is 0 Å². The van der Waals surface area contributed by atoms with Crippen LogP contribution >= 0.6 is 15.9 Å². The first-order valence-electron chi connectivity index (χ1n) is 7.43. The van der Waals surface area contributed by atoms with E-state index in [4.69, 9.17) is 4.74 Å². The number of nitrogens with zero attached hydrogens (tertiary/aromatic N) is 2. The van der Waals surface area contributed by atoms with Gasteiger partial charge in [0.25, 0.3) is 5.56 Å². The molecular weight excluding hydrogens is 391 g/mol. The van der Waals surface area contributed by atoms with Crippen LogP contribution in [0.4, 0.5) is 4.39 Å². The predicted octanol–water partition coefficient (Wildman–Crippen LogP) is 3.49. The molecule has 25 heavy (non-hydrogen) atoms. The number of carbonyl (C=O) groups excluding carboxylic acids is 1. The molecule has 0 N–H and O–H groups in total. The Labute approximate surface area is 151 Å². The van der Waals surface area contributed by atoms with Gasteiger partial charge in [-0.05, 0) is 37.3 Å². The fraction of sp³-hybridized carbons (Fsp3) is 0.167. The van der Waals surface area contributed by atoms with E-state index in [2.05, 4.69) is 20.9 Å². The third-order valence-electron chi connectivity index (χ3n) is 3.91. The van der Waals surface area contributed by atoms with Gasteiger partial charge in [-0.2, -0.15) is 0 Å². The fourth-order valence-corrected chi connectivity index (χ4v) is 3.15. The maximum Gasteiger partial charge on any atom is 0.262 e. The standard InChI is InChI=1S/C18H14BrFN2O3/c1-10(23)17(16-13(20)4-3-5-15(16)25-2)22-9-21-14-7-6-11(19)8-12(14)18(22)24/h3-9,17H,1-2H3. The maximum atomic E-state index is 14.5. The van der Waals surface area contributed by atoms with Crippen LogP contribution in [0.3, 0.4) is 0 Å². The van der Waals surface area contributed by atoms with E-state index in [1.807, 2.05) is 0 Å². The minimum absolute atomic E-state index is 0.00995. The molecule has 1 unspecified atom stereocenters. The highest BCUT2D eigenvalue weighted by Gasteiger charge is 2.27. The van der Waals surface area contributed by atoms with Crippen LogP contribution in [0.25, 0.3) is 10.9 Å². The van der Waals surface area contributed by atoms with Crippen molar-refractivity contribution in [1.29, 1.82) is 0 Å². The molecule has 0 radical (unpaired) electrons. The molecule has 0 aliphatic rings. The van der Waals surface area contributed by atoms with Crippen molar-refractivity contribution in [2.24, 2.45) is 0 Å². The van der Waals surface area contributed by atoms with Gasteiger partial charge in [-0.15, -0.1) is 0 Å². The number of methoxy groups -OCH3 is 1. The lowest BCUT2D eigenvalue weighted by atomic mass is 10.0. The van der Waals surface area contributed by atoms with E-state index >= 15 is 0 Å². The van der Waals surface area contributed by atoms with Gasteiger partial charge in [-0.25, -0.2) is 9.37 Å². The second-order valence-corrected chi connectivity index (χ2v) is 6.40. The van der Waals surface area contributed by atoms with Crippen molar-refractivity contribution in [1.82, 2.24) is 9.55 Å². The first kappa shape index (κ1) is 17.3. The Kier molecular flexibility index (Phi) is 4.67. The van der Waals surface area contributed by atoms with E-state index in [0.29, 0.717) is 15.4 Å². The van der Waals surface area contributed by atoms with Crippen LogP contribution < -0.4 is 10.3 Å². The molecule has 128 valence electrons. The number of hydrogen-bond donors (Lipinski definition) is 0. The lowest BCUT2D eigenvalue weighted by molar-refractivity contribution is -0.119. The molecule has 0 aliphatic heterocycles. The molecule has 0 saturated heterocycles. The normalized spacial score (nSPS) is 12.2. The van der Waals surface area contributed by atoms with E-state index < -0.39 is 23.2 Å². The van der Waals surface area contributed by atoms with Crippen LogP contribution in [-0.2, 0) is 4.79 Å². The highest BCUT2D eigenvalue weighted by atomic mass is 79.9. The first-order chi connectivity index (χ1) is 11.9. The molecule has 5 nitrogen and oxygen atoms in total. The van der Waals surface area contributed by atoms with Crippen molar-refractivity contribution >= 4 is 32.6 Å². The van der Waals surface area contributed by atoms with Crippen molar-refractivity contribution in [2.45, 2.75) is 13.0 Å². The fourth-order valence-electron chi connectivity index (χ4n) is 2.79. The SMILES string of the molecule is COc1cccc(F)c1C(C(C)=O)n1cnc2ccc(Br)cc2c1=O. The third-order valence-corrected chi connectivity index (χ3v) is 4.41. The van der Waals surface area contributed by atoms with Gasteiger partial charge < -0.3 is 4.74 Å². The smallest absolute Gasteiger partial charge is 0.262 e. The molecule has 1 heterocycles. The highest BCUT2D eigenvalue weighted by molar-refractivity contribution is 9.10. The number of rotatable bonds is 4. The van der Waals surface area contributed by atoms with Gasteiger partial charge >= 0.3 is 0 Å². The Morgan fingerprint density at radius 1 is 1.32 bits per heavy atom. The molecule has 0 fully saturated rings. The number of carbonyl (C=O) groups is 1. The van der Waals surface area contributed by atoms with Crippen molar-refractivity contribution in [3.8, 4) is 5.75 Å². The Morgan fingerprint density at radius 3 is 2.76 bits per heavy atom. The molecule has 3 aromatic rings. The quantitative estimate of drug-likeness (QED) is 0.667. The van der Waals surface area contributed by atoms with Gasteiger partial charge in [-0.3, -0.25) is 14.2 Å². The Balaban J connectivity index is 2.32. The van der Waals surface area contributed by atoms with Gasteiger partial charge in [0.1, 0.15) is 17.6 Å². The summed E-state index contributed by atoms with van der Waals surface area (Å²) in [5.41, 5.74) is 0.0693. The number of halogens is 2. The summed E-state index contributed by atoms with van der Waals surface area (Å²) in [6.45, 7) is 1.30. The van der Waals surface area contributed by atoms with Crippen LogP contribution in [0, 0.1) is 5.82 Å². The van der Waals surface area contributed by atoms with Crippen molar-refractivity contribution in [3.05, 3.63) is 68.9 Å². The molecule has 0 amide bonds. The van der Waals surface area contributed by atoms with Crippen molar-refractivity contribution in [3.63, 3.8) is 0 Å². The zero-order chi connectivity index (χ0) is 18.1. The second-order valence-electron chi connectivity index (χ2n) is 5.49. The first-order valence-corrected chi connectivity index (χ1v) is 8.22. The molecule has 0 aliphatic carbocycles. The highest BCUT2D eigenvalue weighted by Crippen LogP contribution is 2.30. The van der Waals surface area contributed by atoms with Gasteiger partial charge in [0, 0.05) is 4.47 Å². The van der Waals surface area contributed by atoms with Gasteiger partial charge in [0.15, 0.2) is 5.78 Å². The largest absolute Gasteiger partial charge is 0.496 e. The molecule has 0 bridgehead atoms. The summed E-state index contributed by atoms with van der Waals surface area (Å²) in [6, 6.07) is 8.16. The van der Waals surface area contributed by atoms with Crippen LogP contribution in [0.1, 0.15) is 18.5 Å². The van der Waals surface area contributed by atoms with Gasteiger partial charge in [0.2, 0.25) is 0 Å². The Bertz CT molecular complexity index is 1030. The summed E-state index contributed by atoms with van der Waals surface area (Å²) in [6.07, 6.45) is 1.26. The minimum Gasteiger partial charge on any atom is -0.496 e. The molecule has 0 saturated carbocycles. The molecule has 3 rings (SSSR count). The number of fused-ring (bicyclic) bond motifs is 1. The lowest BCUT2D eigenvalue weighted by Gasteiger charge is -2.20. The molecule has 1 aromatic heterocycles. The van der Waals surface area contributed by atoms with E-state index in [0.717, 1.165) is 4.57 Å². The second kappa shape index (κ2) is 6.76. The summed E-state index contributed by atoms with van der Waals surface area (Å²) in [5, 5.41) is 0.332. The number of ether oxygens (including phenoxy) is 1. The average Bonchev–Trinajstić information content (AvgIpc) is 2.58. The van der Waals surface area contributed by atoms with Crippen molar-refractivity contribution in [2.75, 3.05) is 7.11 Å². The maximum absolute atomic E-state index is 14.5. The van der Waals surface area contributed by atoms with Crippen molar-refractivity contribution < 1.29 is 13.9 Å². The number of ketones is 1. The summed E-state index contributed by atoms with van der Waals surface area (Å²) < 4.78 is 21.5. The Hall–Kier alpha value is -2.54. The molecule has 0 spiro atoms.